The van der Waals surface area contributed by atoms with Crippen LogP contribution in [0.1, 0.15) is 36.9 Å². The third kappa shape index (κ3) is 1.83. The Morgan fingerprint density at radius 1 is 1.41 bits per heavy atom. The first kappa shape index (κ1) is 11.4. The van der Waals surface area contributed by atoms with Crippen LogP contribution in [0.25, 0.3) is 0 Å². The molecule has 0 radical (unpaired) electrons. The Kier molecular flexibility index (Phi) is 3.01. The summed E-state index contributed by atoms with van der Waals surface area (Å²) in [6, 6.07) is 2.66. The number of benzene rings is 1. The van der Waals surface area contributed by atoms with E-state index in [1.807, 2.05) is 0 Å². The fourth-order valence-electron chi connectivity index (χ4n) is 2.73. The molecule has 0 saturated carbocycles. The summed E-state index contributed by atoms with van der Waals surface area (Å²) in [5.41, 5.74) is 2.65. The SMILES string of the molecule is CCc1c(C2CCCN2)cc(Br)c2c1OCO2. The predicted octanol–water partition coefficient (Wildman–Crippen LogP) is 3.16. The summed E-state index contributed by atoms with van der Waals surface area (Å²) in [6.45, 7) is 3.62. The third-order valence-corrected chi connectivity index (χ3v) is 4.11. The zero-order valence-corrected chi connectivity index (χ0v) is 11.5. The molecule has 2 heterocycles. The van der Waals surface area contributed by atoms with Crippen LogP contribution in [0.15, 0.2) is 10.5 Å². The van der Waals surface area contributed by atoms with Crippen LogP contribution in [0.5, 0.6) is 11.5 Å². The van der Waals surface area contributed by atoms with Gasteiger partial charge in [-0.2, -0.15) is 0 Å². The summed E-state index contributed by atoms with van der Waals surface area (Å²) in [6.07, 6.45) is 3.44. The lowest BCUT2D eigenvalue weighted by Gasteiger charge is -2.17. The smallest absolute Gasteiger partial charge is 0.231 e. The van der Waals surface area contributed by atoms with E-state index in [9.17, 15) is 0 Å². The molecule has 92 valence electrons. The van der Waals surface area contributed by atoms with E-state index in [1.165, 1.54) is 24.0 Å². The molecule has 0 bridgehead atoms. The van der Waals surface area contributed by atoms with E-state index in [-0.39, 0.29) is 0 Å². The van der Waals surface area contributed by atoms with Crippen LogP contribution in [0.3, 0.4) is 0 Å². The molecule has 1 aromatic rings. The maximum atomic E-state index is 5.62. The zero-order chi connectivity index (χ0) is 11.8. The van der Waals surface area contributed by atoms with Crippen molar-refractivity contribution in [1.82, 2.24) is 5.32 Å². The molecule has 1 fully saturated rings. The lowest BCUT2D eigenvalue weighted by molar-refractivity contribution is 0.172. The molecule has 3 rings (SSSR count). The van der Waals surface area contributed by atoms with E-state index in [0.29, 0.717) is 12.8 Å². The van der Waals surface area contributed by atoms with E-state index in [2.05, 4.69) is 34.2 Å². The van der Waals surface area contributed by atoms with Gasteiger partial charge in [0, 0.05) is 11.6 Å². The highest BCUT2D eigenvalue weighted by Gasteiger charge is 2.27. The summed E-state index contributed by atoms with van der Waals surface area (Å²) in [5.74, 6) is 1.80. The quantitative estimate of drug-likeness (QED) is 0.909. The normalized spacial score (nSPS) is 22.1. The summed E-state index contributed by atoms with van der Waals surface area (Å²) >= 11 is 3.58. The summed E-state index contributed by atoms with van der Waals surface area (Å²) < 4.78 is 12.1. The molecule has 0 aliphatic carbocycles. The first-order chi connectivity index (χ1) is 8.31. The van der Waals surface area contributed by atoms with Crippen LogP contribution in [-0.2, 0) is 6.42 Å². The standard InChI is InChI=1S/C13H16BrNO2/c1-2-8-9(11-4-3-5-15-11)6-10(14)13-12(8)16-7-17-13/h6,11,15H,2-5,7H2,1H3. The number of ether oxygens (including phenoxy) is 2. The highest BCUT2D eigenvalue weighted by molar-refractivity contribution is 9.10. The molecular formula is C13H16BrNO2. The van der Waals surface area contributed by atoms with Gasteiger partial charge in [0.05, 0.1) is 4.47 Å². The Hall–Kier alpha value is -0.740. The summed E-state index contributed by atoms with van der Waals surface area (Å²) in [5, 5.41) is 3.55. The number of hydrogen-bond acceptors (Lipinski definition) is 3. The second-order valence-corrected chi connectivity index (χ2v) is 5.35. The van der Waals surface area contributed by atoms with Gasteiger partial charge in [0.15, 0.2) is 11.5 Å². The van der Waals surface area contributed by atoms with Gasteiger partial charge in [-0.15, -0.1) is 0 Å². The van der Waals surface area contributed by atoms with Gasteiger partial charge in [-0.3, -0.25) is 0 Å². The highest BCUT2D eigenvalue weighted by Crippen LogP contribution is 2.46. The van der Waals surface area contributed by atoms with Crippen LogP contribution in [-0.4, -0.2) is 13.3 Å². The molecular weight excluding hydrogens is 282 g/mol. The average Bonchev–Trinajstić information content (AvgIpc) is 3.00. The van der Waals surface area contributed by atoms with Crippen molar-refractivity contribution in [2.45, 2.75) is 32.2 Å². The molecule has 1 unspecified atom stereocenters. The van der Waals surface area contributed by atoms with Gasteiger partial charge in [-0.05, 0) is 53.4 Å². The molecule has 1 atom stereocenters. The van der Waals surface area contributed by atoms with E-state index in [1.54, 1.807) is 0 Å². The number of nitrogens with one attached hydrogen (secondary N) is 1. The molecule has 1 aromatic carbocycles. The first-order valence-electron chi connectivity index (χ1n) is 6.15. The number of halogens is 1. The Morgan fingerprint density at radius 2 is 2.24 bits per heavy atom. The Bertz CT molecular complexity index is 442. The molecule has 17 heavy (non-hydrogen) atoms. The van der Waals surface area contributed by atoms with Crippen molar-refractivity contribution in [3.8, 4) is 11.5 Å². The van der Waals surface area contributed by atoms with E-state index < -0.39 is 0 Å². The lowest BCUT2D eigenvalue weighted by Crippen LogP contribution is -2.15. The second-order valence-electron chi connectivity index (χ2n) is 4.49. The van der Waals surface area contributed by atoms with Gasteiger partial charge in [-0.1, -0.05) is 6.92 Å². The Labute approximate surface area is 110 Å². The predicted molar refractivity (Wildman–Crippen MR) is 69.6 cm³/mol. The minimum atomic E-state index is 0.336. The lowest BCUT2D eigenvalue weighted by atomic mass is 9.96. The van der Waals surface area contributed by atoms with Gasteiger partial charge < -0.3 is 14.8 Å². The third-order valence-electron chi connectivity index (χ3n) is 3.52. The maximum Gasteiger partial charge on any atom is 0.231 e. The molecule has 4 heteroatoms. The van der Waals surface area contributed by atoms with Gasteiger partial charge in [-0.25, -0.2) is 0 Å². The van der Waals surface area contributed by atoms with E-state index >= 15 is 0 Å². The van der Waals surface area contributed by atoms with Crippen LogP contribution in [0.4, 0.5) is 0 Å². The average molecular weight is 298 g/mol. The largest absolute Gasteiger partial charge is 0.453 e. The molecule has 1 saturated heterocycles. The number of hydrogen-bond donors (Lipinski definition) is 1. The molecule has 2 aliphatic rings. The van der Waals surface area contributed by atoms with Gasteiger partial charge in [0.2, 0.25) is 6.79 Å². The molecule has 2 aliphatic heterocycles. The first-order valence-corrected chi connectivity index (χ1v) is 6.94. The molecule has 0 amide bonds. The van der Waals surface area contributed by atoms with Crippen molar-refractivity contribution >= 4 is 15.9 Å². The topological polar surface area (TPSA) is 30.5 Å². The molecule has 0 aromatic heterocycles. The number of rotatable bonds is 2. The number of fused-ring (bicyclic) bond motifs is 1. The highest BCUT2D eigenvalue weighted by atomic mass is 79.9. The zero-order valence-electron chi connectivity index (χ0n) is 9.88. The van der Waals surface area contributed by atoms with Crippen molar-refractivity contribution < 1.29 is 9.47 Å². The Morgan fingerprint density at radius 3 is 2.94 bits per heavy atom. The summed E-state index contributed by atoms with van der Waals surface area (Å²) in [7, 11) is 0. The molecule has 1 N–H and O–H groups in total. The van der Waals surface area contributed by atoms with Crippen LogP contribution < -0.4 is 14.8 Å². The minimum absolute atomic E-state index is 0.336. The molecule has 3 nitrogen and oxygen atoms in total. The van der Waals surface area contributed by atoms with Crippen molar-refractivity contribution in [2.24, 2.45) is 0 Å². The van der Waals surface area contributed by atoms with E-state index in [4.69, 9.17) is 9.47 Å². The summed E-state index contributed by atoms with van der Waals surface area (Å²) in [4.78, 5) is 0. The van der Waals surface area contributed by atoms with Crippen molar-refractivity contribution in [3.63, 3.8) is 0 Å². The van der Waals surface area contributed by atoms with Crippen LogP contribution in [0.2, 0.25) is 0 Å². The van der Waals surface area contributed by atoms with Crippen LogP contribution >= 0.6 is 15.9 Å². The van der Waals surface area contributed by atoms with Gasteiger partial charge in [0.25, 0.3) is 0 Å². The van der Waals surface area contributed by atoms with Gasteiger partial charge in [0.1, 0.15) is 0 Å². The monoisotopic (exact) mass is 297 g/mol. The fourth-order valence-corrected chi connectivity index (χ4v) is 3.27. The van der Waals surface area contributed by atoms with E-state index in [0.717, 1.165) is 28.9 Å². The fraction of sp³-hybridized carbons (Fsp3) is 0.538. The van der Waals surface area contributed by atoms with Crippen molar-refractivity contribution in [1.29, 1.82) is 0 Å². The van der Waals surface area contributed by atoms with Crippen molar-refractivity contribution in [3.05, 3.63) is 21.7 Å². The Balaban J connectivity index is 2.11. The van der Waals surface area contributed by atoms with Crippen molar-refractivity contribution in [2.75, 3.05) is 13.3 Å². The minimum Gasteiger partial charge on any atom is -0.453 e. The molecule has 0 spiro atoms. The second kappa shape index (κ2) is 4.50. The van der Waals surface area contributed by atoms with Gasteiger partial charge >= 0.3 is 0 Å². The maximum absolute atomic E-state index is 5.62. The van der Waals surface area contributed by atoms with Crippen LogP contribution in [0, 0.1) is 0 Å².